The lowest BCUT2D eigenvalue weighted by Gasteiger charge is -2.03. The molecular weight excluding hydrogens is 383 g/mol. The fourth-order valence-corrected chi connectivity index (χ4v) is 3.20. The van der Waals surface area contributed by atoms with Crippen molar-refractivity contribution in [2.75, 3.05) is 0 Å². The van der Waals surface area contributed by atoms with Crippen LogP contribution in [0.15, 0.2) is 88.4 Å². The van der Waals surface area contributed by atoms with Gasteiger partial charge in [0.25, 0.3) is 5.91 Å². The van der Waals surface area contributed by atoms with E-state index in [-0.39, 0.29) is 11.1 Å². The molecule has 0 atom stereocenters. The molecule has 6 nitrogen and oxygen atoms in total. The lowest BCUT2D eigenvalue weighted by atomic mass is 10.2. The van der Waals surface area contributed by atoms with Crippen LogP contribution in [-0.2, 0) is 0 Å². The highest BCUT2D eigenvalue weighted by Crippen LogP contribution is 2.21. The highest BCUT2D eigenvalue weighted by molar-refractivity contribution is 5.94. The molecule has 3 aromatic carbocycles. The number of imidazole rings is 1. The molecule has 0 fully saturated rings. The number of halogens is 1. The Balaban J connectivity index is 1.63. The third-order valence-corrected chi connectivity index (χ3v) is 4.65. The smallest absolute Gasteiger partial charge is 0.271 e. The zero-order valence-electron chi connectivity index (χ0n) is 15.6. The highest BCUT2D eigenvalue weighted by Gasteiger charge is 2.12. The third-order valence-electron chi connectivity index (χ3n) is 4.65. The van der Waals surface area contributed by atoms with Crippen molar-refractivity contribution in [1.82, 2.24) is 15.4 Å². The molecule has 0 saturated carbocycles. The van der Waals surface area contributed by atoms with Gasteiger partial charge in [0.15, 0.2) is 0 Å². The van der Waals surface area contributed by atoms with Gasteiger partial charge >= 0.3 is 0 Å². The summed E-state index contributed by atoms with van der Waals surface area (Å²) >= 11 is 0. The molecule has 30 heavy (non-hydrogen) atoms. The molecule has 146 valence electrons. The summed E-state index contributed by atoms with van der Waals surface area (Å²) in [5.41, 5.74) is 5.64. The number of amides is 1. The minimum atomic E-state index is -0.548. The molecule has 0 bridgehead atoms. The standard InChI is InChI=1S/C23H15FN4O2/c24-16-8-5-7-15(12-16)22(29)27-28-23-17(13-14-6-1-4-11-20(14)30-23)21-25-18-9-2-3-10-19(18)26-21/h1-13H,(H,25,26)(H,27,29). The van der Waals surface area contributed by atoms with Crippen LogP contribution in [0.2, 0.25) is 0 Å². The van der Waals surface area contributed by atoms with Crippen molar-refractivity contribution in [3.63, 3.8) is 0 Å². The van der Waals surface area contributed by atoms with E-state index in [4.69, 9.17) is 4.42 Å². The van der Waals surface area contributed by atoms with E-state index in [1.807, 2.05) is 54.6 Å². The van der Waals surface area contributed by atoms with Crippen LogP contribution in [0.3, 0.4) is 0 Å². The molecule has 0 unspecified atom stereocenters. The molecule has 5 aromatic rings. The molecule has 7 heteroatoms. The van der Waals surface area contributed by atoms with Gasteiger partial charge in [-0.1, -0.05) is 36.4 Å². The zero-order valence-corrected chi connectivity index (χ0v) is 15.6. The first kappa shape index (κ1) is 17.8. The van der Waals surface area contributed by atoms with Crippen LogP contribution in [-0.4, -0.2) is 15.9 Å². The van der Waals surface area contributed by atoms with E-state index >= 15 is 0 Å². The number of fused-ring (bicyclic) bond motifs is 2. The van der Waals surface area contributed by atoms with Gasteiger partial charge in [0.2, 0.25) is 5.55 Å². The van der Waals surface area contributed by atoms with Gasteiger partial charge in [0, 0.05) is 10.9 Å². The van der Waals surface area contributed by atoms with Gasteiger partial charge in [0.05, 0.1) is 16.6 Å². The minimum absolute atomic E-state index is 0.157. The van der Waals surface area contributed by atoms with Gasteiger partial charge in [-0.25, -0.2) is 14.8 Å². The van der Waals surface area contributed by atoms with Crippen LogP contribution < -0.4 is 11.0 Å². The van der Waals surface area contributed by atoms with Crippen molar-refractivity contribution in [2.24, 2.45) is 5.10 Å². The number of rotatable bonds is 3. The maximum absolute atomic E-state index is 13.4. The average molecular weight is 398 g/mol. The monoisotopic (exact) mass is 398 g/mol. The third kappa shape index (κ3) is 3.33. The van der Waals surface area contributed by atoms with E-state index in [9.17, 15) is 9.18 Å². The van der Waals surface area contributed by atoms with Gasteiger partial charge < -0.3 is 9.40 Å². The molecule has 0 aliphatic carbocycles. The predicted molar refractivity (Wildman–Crippen MR) is 111 cm³/mol. The van der Waals surface area contributed by atoms with Crippen LogP contribution in [0.25, 0.3) is 33.4 Å². The molecule has 0 radical (unpaired) electrons. The average Bonchev–Trinajstić information content (AvgIpc) is 3.21. The van der Waals surface area contributed by atoms with Crippen LogP contribution in [0.5, 0.6) is 0 Å². The SMILES string of the molecule is O=C(NN=c1oc2ccccc2cc1-c1nc2ccccc2[nH]1)c1cccc(F)c1. The summed E-state index contributed by atoms with van der Waals surface area (Å²) in [6, 6.07) is 22.4. The van der Waals surface area contributed by atoms with E-state index in [2.05, 4.69) is 20.5 Å². The second kappa shape index (κ2) is 7.29. The molecule has 5 rings (SSSR count). The number of H-pyrrole nitrogens is 1. The molecule has 0 spiro atoms. The number of aromatic amines is 1. The summed E-state index contributed by atoms with van der Waals surface area (Å²) in [4.78, 5) is 20.2. The second-order valence-corrected chi connectivity index (χ2v) is 6.67. The second-order valence-electron chi connectivity index (χ2n) is 6.67. The lowest BCUT2D eigenvalue weighted by molar-refractivity contribution is 0.0951. The Bertz CT molecular complexity index is 1440. The van der Waals surface area contributed by atoms with Crippen molar-refractivity contribution in [1.29, 1.82) is 0 Å². The normalized spacial score (nSPS) is 11.8. The van der Waals surface area contributed by atoms with Crippen LogP contribution >= 0.6 is 0 Å². The number of benzene rings is 3. The zero-order chi connectivity index (χ0) is 20.5. The minimum Gasteiger partial charge on any atom is -0.436 e. The Morgan fingerprint density at radius 2 is 1.83 bits per heavy atom. The van der Waals surface area contributed by atoms with Crippen molar-refractivity contribution in [3.05, 3.63) is 95.8 Å². The molecule has 2 heterocycles. The summed E-state index contributed by atoms with van der Waals surface area (Å²) < 4.78 is 19.3. The number of carbonyl (C=O) groups is 1. The van der Waals surface area contributed by atoms with Gasteiger partial charge in [-0.05, 0) is 42.5 Å². The molecule has 0 aliphatic heterocycles. The molecule has 2 aromatic heterocycles. The van der Waals surface area contributed by atoms with Crippen molar-refractivity contribution in [2.45, 2.75) is 0 Å². The van der Waals surface area contributed by atoms with Crippen LogP contribution in [0, 0.1) is 5.82 Å². The topological polar surface area (TPSA) is 83.3 Å². The van der Waals surface area contributed by atoms with Crippen LogP contribution in [0.4, 0.5) is 4.39 Å². The quantitative estimate of drug-likeness (QED) is 0.443. The number of aromatic nitrogens is 2. The number of carbonyl (C=O) groups excluding carboxylic acids is 1. The Morgan fingerprint density at radius 3 is 2.70 bits per heavy atom. The van der Waals surface area contributed by atoms with Gasteiger partial charge in [-0.2, -0.15) is 0 Å². The number of nitrogens with zero attached hydrogens (tertiary/aromatic N) is 2. The summed E-state index contributed by atoms with van der Waals surface area (Å²) in [6.07, 6.45) is 0. The number of hydrogen-bond acceptors (Lipinski definition) is 4. The molecule has 1 amide bonds. The summed E-state index contributed by atoms with van der Waals surface area (Å²) in [7, 11) is 0. The van der Waals surface area contributed by atoms with E-state index in [1.165, 1.54) is 18.2 Å². The lowest BCUT2D eigenvalue weighted by Crippen LogP contribution is -2.22. The van der Waals surface area contributed by atoms with Gasteiger partial charge in [-0.15, -0.1) is 5.10 Å². The summed E-state index contributed by atoms with van der Waals surface area (Å²) in [5, 5.41) is 5.02. The molecule has 2 N–H and O–H groups in total. The maximum Gasteiger partial charge on any atom is 0.271 e. The van der Waals surface area contributed by atoms with Crippen molar-refractivity contribution >= 4 is 27.9 Å². The Labute approximate surface area is 169 Å². The maximum atomic E-state index is 13.4. The van der Waals surface area contributed by atoms with E-state index in [1.54, 1.807) is 0 Å². The Kier molecular flexibility index (Phi) is 4.33. The number of para-hydroxylation sites is 3. The first-order chi connectivity index (χ1) is 14.7. The first-order valence-electron chi connectivity index (χ1n) is 9.25. The van der Waals surface area contributed by atoms with Crippen LogP contribution in [0.1, 0.15) is 10.4 Å². The number of hydrogen-bond donors (Lipinski definition) is 2. The number of nitrogens with one attached hydrogen (secondary N) is 2. The van der Waals surface area contributed by atoms with E-state index < -0.39 is 11.7 Å². The largest absolute Gasteiger partial charge is 0.436 e. The van der Waals surface area contributed by atoms with Gasteiger partial charge in [-0.3, -0.25) is 4.79 Å². The Morgan fingerprint density at radius 1 is 1.00 bits per heavy atom. The molecule has 0 saturated heterocycles. The first-order valence-corrected chi connectivity index (χ1v) is 9.25. The predicted octanol–water partition coefficient (Wildman–Crippen LogP) is 4.36. The fourth-order valence-electron chi connectivity index (χ4n) is 3.20. The fraction of sp³-hybridized carbons (Fsp3) is 0. The van der Waals surface area contributed by atoms with Crippen molar-refractivity contribution in [3.8, 4) is 11.4 Å². The Hall–Kier alpha value is -4.26. The van der Waals surface area contributed by atoms with E-state index in [0.29, 0.717) is 17.0 Å². The molecule has 0 aliphatic rings. The van der Waals surface area contributed by atoms with E-state index in [0.717, 1.165) is 22.5 Å². The summed E-state index contributed by atoms with van der Waals surface area (Å²) in [6.45, 7) is 0. The highest BCUT2D eigenvalue weighted by atomic mass is 19.1. The van der Waals surface area contributed by atoms with Crippen molar-refractivity contribution < 1.29 is 13.6 Å². The van der Waals surface area contributed by atoms with Gasteiger partial charge in [0.1, 0.15) is 17.2 Å². The summed E-state index contributed by atoms with van der Waals surface area (Å²) in [5.74, 6) is -0.487. The molecular formula is C23H15FN4O2.